The monoisotopic (exact) mass is 215 g/mol. The lowest BCUT2D eigenvalue weighted by atomic mass is 9.99. The van der Waals surface area contributed by atoms with Crippen molar-refractivity contribution >= 4 is 30.7 Å². The maximum absolute atomic E-state index is 10.9. The Bertz CT molecular complexity index is 128. The molecule has 4 N–H and O–H groups in total. The fourth-order valence-electron chi connectivity index (χ4n) is 1.19. The molecule has 12 heavy (non-hydrogen) atoms. The van der Waals surface area contributed by atoms with E-state index in [-0.39, 0.29) is 36.6 Å². The SMILES string of the molecule is Cl.Cl.NNC(=O)[C@@H]1CCCNC1. The third-order valence-corrected chi connectivity index (χ3v) is 1.81. The molecule has 74 valence electrons. The highest BCUT2D eigenvalue weighted by Crippen LogP contribution is 2.08. The molecule has 1 rings (SSSR count). The first kappa shape index (κ1) is 14.5. The zero-order chi connectivity index (χ0) is 7.40. The molecule has 0 aromatic carbocycles. The van der Waals surface area contributed by atoms with Crippen molar-refractivity contribution in [3.05, 3.63) is 0 Å². The van der Waals surface area contributed by atoms with E-state index in [0.717, 1.165) is 25.9 Å². The summed E-state index contributed by atoms with van der Waals surface area (Å²) < 4.78 is 0. The van der Waals surface area contributed by atoms with Gasteiger partial charge < -0.3 is 5.32 Å². The van der Waals surface area contributed by atoms with Crippen LogP contribution in [0.3, 0.4) is 0 Å². The summed E-state index contributed by atoms with van der Waals surface area (Å²) in [6.07, 6.45) is 2.02. The molecule has 1 fully saturated rings. The molecule has 1 aliphatic heterocycles. The molecule has 4 nitrogen and oxygen atoms in total. The Balaban J connectivity index is 0. The first-order valence-corrected chi connectivity index (χ1v) is 3.56. The quantitative estimate of drug-likeness (QED) is 0.323. The van der Waals surface area contributed by atoms with E-state index in [1.165, 1.54) is 0 Å². The van der Waals surface area contributed by atoms with Gasteiger partial charge in [0.1, 0.15) is 0 Å². The van der Waals surface area contributed by atoms with Crippen molar-refractivity contribution in [1.82, 2.24) is 10.7 Å². The molecular formula is C6H15Cl2N3O. The highest BCUT2D eigenvalue weighted by Gasteiger charge is 2.19. The Morgan fingerprint density at radius 3 is 2.58 bits per heavy atom. The van der Waals surface area contributed by atoms with Crippen molar-refractivity contribution in [2.75, 3.05) is 13.1 Å². The van der Waals surface area contributed by atoms with Crippen LogP contribution in [0.25, 0.3) is 0 Å². The van der Waals surface area contributed by atoms with Crippen molar-refractivity contribution < 1.29 is 4.79 Å². The number of hydrogen-bond acceptors (Lipinski definition) is 3. The summed E-state index contributed by atoms with van der Waals surface area (Å²) in [5.74, 6) is 5.01. The fourth-order valence-corrected chi connectivity index (χ4v) is 1.19. The van der Waals surface area contributed by atoms with E-state index in [4.69, 9.17) is 5.84 Å². The van der Waals surface area contributed by atoms with Crippen LogP contribution in [0.4, 0.5) is 0 Å². The number of nitrogens with one attached hydrogen (secondary N) is 2. The minimum Gasteiger partial charge on any atom is -0.316 e. The third kappa shape index (κ3) is 4.11. The molecule has 6 heteroatoms. The van der Waals surface area contributed by atoms with Gasteiger partial charge in [-0.1, -0.05) is 0 Å². The smallest absolute Gasteiger partial charge is 0.238 e. The second kappa shape index (κ2) is 7.61. The standard InChI is InChI=1S/C6H13N3O.2ClH/c7-9-6(10)5-2-1-3-8-4-5;;/h5,8H,1-4,7H2,(H,9,10);2*1H/t5-;;/m1../s1. The van der Waals surface area contributed by atoms with Crippen molar-refractivity contribution in [2.24, 2.45) is 11.8 Å². The van der Waals surface area contributed by atoms with Gasteiger partial charge in [-0.2, -0.15) is 0 Å². The number of carbonyl (C=O) groups is 1. The van der Waals surface area contributed by atoms with Gasteiger partial charge in [-0.05, 0) is 19.4 Å². The molecule has 0 bridgehead atoms. The molecule has 1 amide bonds. The summed E-state index contributed by atoms with van der Waals surface area (Å²) in [6.45, 7) is 1.79. The Kier molecular flexibility index (Phi) is 9.19. The van der Waals surface area contributed by atoms with Crippen LogP contribution in [0.15, 0.2) is 0 Å². The van der Waals surface area contributed by atoms with E-state index in [2.05, 4.69) is 10.7 Å². The van der Waals surface area contributed by atoms with Gasteiger partial charge in [0, 0.05) is 6.54 Å². The zero-order valence-electron chi connectivity index (χ0n) is 6.71. The van der Waals surface area contributed by atoms with Gasteiger partial charge in [0.25, 0.3) is 0 Å². The number of amides is 1. The van der Waals surface area contributed by atoms with Gasteiger partial charge in [0.2, 0.25) is 5.91 Å². The van der Waals surface area contributed by atoms with Gasteiger partial charge in [0.15, 0.2) is 0 Å². The maximum atomic E-state index is 10.9. The van der Waals surface area contributed by atoms with Crippen molar-refractivity contribution in [3.8, 4) is 0 Å². The Hall–Kier alpha value is -0.0300. The van der Waals surface area contributed by atoms with Crippen LogP contribution >= 0.6 is 24.8 Å². The van der Waals surface area contributed by atoms with Gasteiger partial charge in [0.05, 0.1) is 5.92 Å². The van der Waals surface area contributed by atoms with Gasteiger partial charge in [-0.3, -0.25) is 10.2 Å². The minimum absolute atomic E-state index is 0. The predicted molar refractivity (Wildman–Crippen MR) is 52.4 cm³/mol. The van der Waals surface area contributed by atoms with Gasteiger partial charge in [-0.25, -0.2) is 5.84 Å². The van der Waals surface area contributed by atoms with Crippen molar-refractivity contribution in [2.45, 2.75) is 12.8 Å². The number of piperidine rings is 1. The van der Waals surface area contributed by atoms with Crippen LogP contribution in [-0.2, 0) is 4.79 Å². The Morgan fingerprint density at radius 1 is 1.50 bits per heavy atom. The summed E-state index contributed by atoms with van der Waals surface area (Å²) in [6, 6.07) is 0. The van der Waals surface area contributed by atoms with Crippen LogP contribution in [0.5, 0.6) is 0 Å². The van der Waals surface area contributed by atoms with Crippen molar-refractivity contribution in [1.29, 1.82) is 0 Å². The molecule has 0 aromatic rings. The van der Waals surface area contributed by atoms with Gasteiger partial charge >= 0.3 is 0 Å². The number of carbonyl (C=O) groups excluding carboxylic acids is 1. The fraction of sp³-hybridized carbons (Fsp3) is 0.833. The van der Waals surface area contributed by atoms with Crippen LogP contribution in [-0.4, -0.2) is 19.0 Å². The van der Waals surface area contributed by atoms with Crippen LogP contribution in [0.1, 0.15) is 12.8 Å². The second-order valence-electron chi connectivity index (χ2n) is 2.55. The molecule has 1 heterocycles. The molecular weight excluding hydrogens is 201 g/mol. The third-order valence-electron chi connectivity index (χ3n) is 1.81. The lowest BCUT2D eigenvalue weighted by Gasteiger charge is -2.20. The Morgan fingerprint density at radius 2 is 2.17 bits per heavy atom. The number of hydrogen-bond donors (Lipinski definition) is 3. The van der Waals surface area contributed by atoms with Crippen LogP contribution in [0, 0.1) is 5.92 Å². The first-order chi connectivity index (χ1) is 4.84. The molecule has 0 radical (unpaired) electrons. The van der Waals surface area contributed by atoms with Gasteiger partial charge in [-0.15, -0.1) is 24.8 Å². The van der Waals surface area contributed by atoms with Crippen LogP contribution in [0.2, 0.25) is 0 Å². The topological polar surface area (TPSA) is 67.1 Å². The average molecular weight is 216 g/mol. The summed E-state index contributed by atoms with van der Waals surface area (Å²) in [7, 11) is 0. The van der Waals surface area contributed by atoms with E-state index in [1.54, 1.807) is 0 Å². The van der Waals surface area contributed by atoms with Crippen molar-refractivity contribution in [3.63, 3.8) is 0 Å². The highest BCUT2D eigenvalue weighted by molar-refractivity contribution is 5.85. The average Bonchev–Trinajstić information content (AvgIpc) is 2.05. The molecule has 0 aliphatic carbocycles. The molecule has 0 saturated carbocycles. The molecule has 0 aromatic heterocycles. The van der Waals surface area contributed by atoms with E-state index >= 15 is 0 Å². The number of nitrogens with two attached hydrogens (primary N) is 1. The molecule has 0 spiro atoms. The lowest BCUT2D eigenvalue weighted by molar-refractivity contribution is -0.125. The van der Waals surface area contributed by atoms with E-state index in [1.807, 2.05) is 0 Å². The van der Waals surface area contributed by atoms with E-state index in [0.29, 0.717) is 0 Å². The van der Waals surface area contributed by atoms with Crippen LogP contribution < -0.4 is 16.6 Å². The first-order valence-electron chi connectivity index (χ1n) is 3.56. The summed E-state index contributed by atoms with van der Waals surface area (Å²) in [5.41, 5.74) is 2.16. The minimum atomic E-state index is -0.0489. The molecule has 1 saturated heterocycles. The lowest BCUT2D eigenvalue weighted by Crippen LogP contribution is -2.43. The maximum Gasteiger partial charge on any atom is 0.238 e. The number of rotatable bonds is 1. The second-order valence-corrected chi connectivity index (χ2v) is 2.55. The summed E-state index contributed by atoms with van der Waals surface area (Å²) in [5, 5.41) is 3.13. The highest BCUT2D eigenvalue weighted by atomic mass is 35.5. The molecule has 0 unspecified atom stereocenters. The van der Waals surface area contributed by atoms with E-state index in [9.17, 15) is 4.79 Å². The number of hydrazine groups is 1. The predicted octanol–water partition coefficient (Wildman–Crippen LogP) is -0.181. The normalized spacial score (nSPS) is 21.6. The summed E-state index contributed by atoms with van der Waals surface area (Å²) in [4.78, 5) is 10.9. The summed E-state index contributed by atoms with van der Waals surface area (Å²) >= 11 is 0. The zero-order valence-corrected chi connectivity index (χ0v) is 8.34. The number of halogens is 2. The Labute approximate surface area is 84.4 Å². The molecule has 1 atom stereocenters. The largest absolute Gasteiger partial charge is 0.316 e. The molecule has 1 aliphatic rings. The van der Waals surface area contributed by atoms with E-state index < -0.39 is 0 Å².